The molecule has 2 nitrogen and oxygen atoms in total. The van der Waals surface area contributed by atoms with Crippen LogP contribution in [-0.4, -0.2) is 37.2 Å². The van der Waals surface area contributed by atoms with Crippen molar-refractivity contribution in [3.8, 4) is 0 Å². The molecule has 2 heterocycles. The minimum absolute atomic E-state index is 0.768. The van der Waals surface area contributed by atoms with Gasteiger partial charge in [0.2, 0.25) is 0 Å². The summed E-state index contributed by atoms with van der Waals surface area (Å²) in [7, 11) is 0. The van der Waals surface area contributed by atoms with Crippen LogP contribution < -0.4 is 0 Å². The molecule has 0 aromatic carbocycles. The van der Waals surface area contributed by atoms with Crippen molar-refractivity contribution in [2.75, 3.05) is 26.3 Å². The third kappa shape index (κ3) is 1.72. The van der Waals surface area contributed by atoms with Gasteiger partial charge in [0.15, 0.2) is 0 Å². The molecule has 2 heteroatoms. The largest absolute Gasteiger partial charge is 0.378 e. The van der Waals surface area contributed by atoms with Gasteiger partial charge >= 0.3 is 0 Å². The number of nitrogens with zero attached hydrogens (tertiary/aromatic N) is 1. The number of ether oxygens (including phenoxy) is 1. The molecular formula is C13H23NO. The van der Waals surface area contributed by atoms with E-state index in [-0.39, 0.29) is 0 Å². The van der Waals surface area contributed by atoms with Crippen molar-refractivity contribution < 1.29 is 4.74 Å². The van der Waals surface area contributed by atoms with Crippen LogP contribution in [0.3, 0.4) is 0 Å². The van der Waals surface area contributed by atoms with Gasteiger partial charge in [-0.25, -0.2) is 0 Å². The van der Waals surface area contributed by atoms with Crippen molar-refractivity contribution >= 4 is 0 Å². The fraction of sp³-hybridized carbons (Fsp3) is 1.00. The maximum absolute atomic E-state index is 5.27. The normalized spacial score (nSPS) is 32.6. The SMILES string of the molecule is CCC1CC2(CCN(C3COC3)CC2)C1. The first-order chi connectivity index (χ1) is 7.31. The van der Waals surface area contributed by atoms with Crippen LogP contribution in [-0.2, 0) is 4.74 Å². The summed E-state index contributed by atoms with van der Waals surface area (Å²) in [5.41, 5.74) is 0.780. The maximum atomic E-state index is 5.27. The number of piperidine rings is 1. The molecule has 3 aliphatic rings. The van der Waals surface area contributed by atoms with Gasteiger partial charge in [-0.3, -0.25) is 4.90 Å². The van der Waals surface area contributed by atoms with Gasteiger partial charge in [0.25, 0.3) is 0 Å². The molecule has 0 radical (unpaired) electrons. The average molecular weight is 209 g/mol. The highest BCUT2D eigenvalue weighted by atomic mass is 16.5. The van der Waals surface area contributed by atoms with Crippen LogP contribution in [0.25, 0.3) is 0 Å². The van der Waals surface area contributed by atoms with E-state index >= 15 is 0 Å². The molecule has 0 unspecified atom stereocenters. The van der Waals surface area contributed by atoms with Crippen molar-refractivity contribution in [2.45, 2.75) is 45.1 Å². The zero-order valence-electron chi connectivity index (χ0n) is 9.87. The van der Waals surface area contributed by atoms with Gasteiger partial charge in [-0.15, -0.1) is 0 Å². The van der Waals surface area contributed by atoms with E-state index in [0.717, 1.165) is 30.6 Å². The van der Waals surface area contributed by atoms with Gasteiger partial charge in [-0.2, -0.15) is 0 Å². The van der Waals surface area contributed by atoms with Gasteiger partial charge in [0.05, 0.1) is 19.3 Å². The molecule has 86 valence electrons. The lowest BCUT2D eigenvalue weighted by Gasteiger charge is -2.54. The highest BCUT2D eigenvalue weighted by Gasteiger charge is 2.45. The molecule has 0 aromatic rings. The summed E-state index contributed by atoms with van der Waals surface area (Å²) in [6.07, 6.45) is 7.37. The molecule has 0 atom stereocenters. The molecule has 15 heavy (non-hydrogen) atoms. The molecule has 2 aliphatic heterocycles. The van der Waals surface area contributed by atoms with E-state index in [4.69, 9.17) is 4.74 Å². The summed E-state index contributed by atoms with van der Waals surface area (Å²) in [5, 5.41) is 0. The molecule has 0 aromatic heterocycles. The number of hydrogen-bond donors (Lipinski definition) is 0. The van der Waals surface area contributed by atoms with Crippen LogP contribution in [0.1, 0.15) is 39.0 Å². The minimum atomic E-state index is 0.768. The molecule has 3 fully saturated rings. The summed E-state index contributed by atoms with van der Waals surface area (Å²) in [5.74, 6) is 1.06. The van der Waals surface area contributed by atoms with Crippen LogP contribution in [0.15, 0.2) is 0 Å². The van der Waals surface area contributed by atoms with Crippen molar-refractivity contribution in [3.63, 3.8) is 0 Å². The summed E-state index contributed by atoms with van der Waals surface area (Å²) >= 11 is 0. The van der Waals surface area contributed by atoms with Crippen molar-refractivity contribution in [2.24, 2.45) is 11.3 Å². The van der Waals surface area contributed by atoms with Crippen molar-refractivity contribution in [1.29, 1.82) is 0 Å². The predicted molar refractivity (Wildman–Crippen MR) is 60.9 cm³/mol. The zero-order valence-corrected chi connectivity index (χ0v) is 9.87. The first kappa shape index (κ1) is 10.1. The van der Waals surface area contributed by atoms with E-state index in [1.807, 2.05) is 0 Å². The molecule has 2 saturated heterocycles. The number of rotatable bonds is 2. The maximum Gasteiger partial charge on any atom is 0.0645 e. The summed E-state index contributed by atoms with van der Waals surface area (Å²) < 4.78 is 5.27. The summed E-state index contributed by atoms with van der Waals surface area (Å²) in [6, 6.07) is 0.768. The molecule has 0 amide bonds. The van der Waals surface area contributed by atoms with Crippen molar-refractivity contribution in [1.82, 2.24) is 4.90 Å². The van der Waals surface area contributed by atoms with E-state index in [2.05, 4.69) is 11.8 Å². The lowest BCUT2D eigenvalue weighted by Crippen LogP contribution is -2.55. The molecule has 1 aliphatic carbocycles. The highest BCUT2D eigenvalue weighted by molar-refractivity contribution is 4.97. The van der Waals surface area contributed by atoms with E-state index in [1.54, 1.807) is 0 Å². The van der Waals surface area contributed by atoms with E-state index in [0.29, 0.717) is 0 Å². The molecule has 1 spiro atoms. The minimum Gasteiger partial charge on any atom is -0.378 e. The Morgan fingerprint density at radius 2 is 1.87 bits per heavy atom. The standard InChI is InChI=1S/C13H23NO/c1-2-11-7-13(8-11)3-5-14(6-4-13)12-9-15-10-12/h11-12H,2-10H2,1H3. The van der Waals surface area contributed by atoms with E-state index in [1.165, 1.54) is 45.2 Å². The molecule has 0 N–H and O–H groups in total. The molecule has 1 saturated carbocycles. The molecule has 3 rings (SSSR count). The second kappa shape index (κ2) is 3.74. The van der Waals surface area contributed by atoms with Crippen molar-refractivity contribution in [3.05, 3.63) is 0 Å². The number of hydrogen-bond acceptors (Lipinski definition) is 2. The first-order valence-corrected chi connectivity index (χ1v) is 6.63. The second-order valence-electron chi connectivity index (χ2n) is 5.91. The van der Waals surface area contributed by atoms with Crippen LogP contribution >= 0.6 is 0 Å². The molecular weight excluding hydrogens is 186 g/mol. The summed E-state index contributed by atoms with van der Waals surface area (Å²) in [4.78, 5) is 2.66. The summed E-state index contributed by atoms with van der Waals surface area (Å²) in [6.45, 7) is 7.00. The number of likely N-dealkylation sites (tertiary alicyclic amines) is 1. The predicted octanol–water partition coefficient (Wildman–Crippen LogP) is 2.29. The zero-order chi connectivity index (χ0) is 10.3. The fourth-order valence-electron chi connectivity index (χ4n) is 3.66. The topological polar surface area (TPSA) is 12.5 Å². The van der Waals surface area contributed by atoms with Gasteiger partial charge in [-0.05, 0) is 50.1 Å². The molecule has 0 bridgehead atoms. The first-order valence-electron chi connectivity index (χ1n) is 6.63. The Labute approximate surface area is 93.0 Å². The monoisotopic (exact) mass is 209 g/mol. The van der Waals surface area contributed by atoms with Gasteiger partial charge in [0.1, 0.15) is 0 Å². The van der Waals surface area contributed by atoms with Crippen LogP contribution in [0.5, 0.6) is 0 Å². The fourth-order valence-corrected chi connectivity index (χ4v) is 3.66. The lowest BCUT2D eigenvalue weighted by molar-refractivity contribution is -0.0980. The Balaban J connectivity index is 1.48. The second-order valence-corrected chi connectivity index (χ2v) is 5.91. The Morgan fingerprint density at radius 1 is 1.20 bits per heavy atom. The van der Waals surface area contributed by atoms with E-state index < -0.39 is 0 Å². The van der Waals surface area contributed by atoms with Gasteiger partial charge < -0.3 is 4.74 Å². The average Bonchev–Trinajstić information content (AvgIpc) is 2.13. The third-order valence-corrected chi connectivity index (χ3v) is 5.02. The van der Waals surface area contributed by atoms with E-state index in [9.17, 15) is 0 Å². The Bertz CT molecular complexity index is 221. The van der Waals surface area contributed by atoms with Crippen LogP contribution in [0.4, 0.5) is 0 Å². The van der Waals surface area contributed by atoms with Gasteiger partial charge in [0, 0.05) is 0 Å². The smallest absolute Gasteiger partial charge is 0.0645 e. The van der Waals surface area contributed by atoms with Gasteiger partial charge in [-0.1, -0.05) is 13.3 Å². The Kier molecular flexibility index (Phi) is 2.52. The Hall–Kier alpha value is -0.0800. The highest BCUT2D eigenvalue weighted by Crippen LogP contribution is 2.53. The lowest BCUT2D eigenvalue weighted by atomic mass is 9.57. The Morgan fingerprint density at radius 3 is 2.33 bits per heavy atom. The van der Waals surface area contributed by atoms with Crippen LogP contribution in [0, 0.1) is 11.3 Å². The third-order valence-electron chi connectivity index (χ3n) is 5.02. The quantitative estimate of drug-likeness (QED) is 0.692. The van der Waals surface area contributed by atoms with Crippen LogP contribution in [0.2, 0.25) is 0 Å².